The molecule has 3 rings (SSSR count). The number of amides is 1. The quantitative estimate of drug-likeness (QED) is 0.908. The zero-order chi connectivity index (χ0) is 14.8. The molecule has 0 fully saturated rings. The van der Waals surface area contributed by atoms with Crippen LogP contribution in [-0.2, 0) is 17.8 Å². The maximum Gasteiger partial charge on any atom is 0.240 e. The Hall–Kier alpha value is -1.93. The lowest BCUT2D eigenvalue weighted by Gasteiger charge is -2.26. The molecule has 0 unspecified atom stereocenters. The fourth-order valence-electron chi connectivity index (χ4n) is 2.30. The van der Waals surface area contributed by atoms with Crippen LogP contribution >= 0.6 is 11.3 Å². The van der Waals surface area contributed by atoms with Gasteiger partial charge >= 0.3 is 0 Å². The van der Waals surface area contributed by atoms with E-state index in [2.05, 4.69) is 30.4 Å². The normalized spacial score (nSPS) is 14.8. The summed E-state index contributed by atoms with van der Waals surface area (Å²) in [6.45, 7) is 5.59. The van der Waals surface area contributed by atoms with Gasteiger partial charge in [-0.15, -0.1) is 10.2 Å². The van der Waals surface area contributed by atoms with Crippen molar-refractivity contribution in [3.8, 4) is 0 Å². The number of hydrogen-bond donors (Lipinski definition) is 1. The molecule has 8 heteroatoms. The largest absolute Gasteiger partial charge is 0.299 e. The molecule has 1 aliphatic rings. The molecule has 0 radical (unpaired) electrons. The number of nitrogens with one attached hydrogen (secondary N) is 1. The van der Waals surface area contributed by atoms with Gasteiger partial charge in [0.1, 0.15) is 10.8 Å². The van der Waals surface area contributed by atoms with Gasteiger partial charge in [0, 0.05) is 19.3 Å². The Morgan fingerprint density at radius 2 is 2.29 bits per heavy atom. The van der Waals surface area contributed by atoms with E-state index in [0.717, 1.165) is 29.5 Å². The van der Waals surface area contributed by atoms with Gasteiger partial charge < -0.3 is 0 Å². The first-order valence-electron chi connectivity index (χ1n) is 6.74. The molecule has 0 aliphatic carbocycles. The topological polar surface area (TPSA) is 83.9 Å². The Morgan fingerprint density at radius 1 is 1.43 bits per heavy atom. The summed E-state index contributed by atoms with van der Waals surface area (Å²) in [7, 11) is 0. The minimum atomic E-state index is -0.0691. The van der Waals surface area contributed by atoms with E-state index in [4.69, 9.17) is 0 Å². The SMILES string of the molecule is Cc1ncc2c(n1)CN(CC(=O)Nc1nnc(C)s1)CC2. The summed E-state index contributed by atoms with van der Waals surface area (Å²) < 4.78 is 0. The van der Waals surface area contributed by atoms with E-state index in [1.807, 2.05) is 20.0 Å². The molecule has 21 heavy (non-hydrogen) atoms. The molecule has 0 aromatic carbocycles. The Labute approximate surface area is 126 Å². The molecule has 1 N–H and O–H groups in total. The fraction of sp³-hybridized carbons (Fsp3) is 0.462. The van der Waals surface area contributed by atoms with Crippen LogP contribution in [0.1, 0.15) is 22.1 Å². The molecule has 0 spiro atoms. The Kier molecular flexibility index (Phi) is 3.89. The van der Waals surface area contributed by atoms with E-state index in [9.17, 15) is 4.79 Å². The molecular formula is C13H16N6OS. The average molecular weight is 304 g/mol. The molecule has 0 saturated carbocycles. The van der Waals surface area contributed by atoms with Crippen molar-refractivity contribution in [3.05, 3.63) is 28.3 Å². The molecule has 0 atom stereocenters. The number of carbonyl (C=O) groups is 1. The molecule has 1 amide bonds. The minimum Gasteiger partial charge on any atom is -0.299 e. The molecular weight excluding hydrogens is 288 g/mol. The first kappa shape index (κ1) is 14.0. The number of anilines is 1. The van der Waals surface area contributed by atoms with E-state index >= 15 is 0 Å². The van der Waals surface area contributed by atoms with Crippen LogP contribution in [0.2, 0.25) is 0 Å². The molecule has 0 bridgehead atoms. The second-order valence-electron chi connectivity index (χ2n) is 5.02. The van der Waals surface area contributed by atoms with E-state index in [0.29, 0.717) is 18.2 Å². The van der Waals surface area contributed by atoms with Crippen molar-refractivity contribution in [1.82, 2.24) is 25.1 Å². The molecule has 1 aliphatic heterocycles. The van der Waals surface area contributed by atoms with Crippen molar-refractivity contribution in [2.45, 2.75) is 26.8 Å². The third-order valence-corrected chi connectivity index (χ3v) is 4.04. The van der Waals surface area contributed by atoms with Gasteiger partial charge in [-0.2, -0.15) is 0 Å². The van der Waals surface area contributed by atoms with Crippen LogP contribution in [0.3, 0.4) is 0 Å². The highest BCUT2D eigenvalue weighted by Gasteiger charge is 2.20. The lowest BCUT2D eigenvalue weighted by atomic mass is 10.1. The fourth-order valence-corrected chi connectivity index (χ4v) is 2.91. The van der Waals surface area contributed by atoms with Crippen molar-refractivity contribution in [2.75, 3.05) is 18.4 Å². The van der Waals surface area contributed by atoms with Gasteiger partial charge in [0.05, 0.1) is 12.2 Å². The van der Waals surface area contributed by atoms with E-state index in [1.54, 1.807) is 0 Å². The maximum absolute atomic E-state index is 12.0. The summed E-state index contributed by atoms with van der Waals surface area (Å²) >= 11 is 1.38. The molecule has 7 nitrogen and oxygen atoms in total. The van der Waals surface area contributed by atoms with Crippen LogP contribution in [0.25, 0.3) is 0 Å². The molecule has 0 saturated heterocycles. The predicted octanol–water partition coefficient (Wildman–Crippen LogP) is 0.942. The van der Waals surface area contributed by atoms with Crippen LogP contribution < -0.4 is 5.32 Å². The number of fused-ring (bicyclic) bond motifs is 1. The molecule has 3 heterocycles. The summed E-state index contributed by atoms with van der Waals surface area (Å²) in [5, 5.41) is 11.9. The van der Waals surface area contributed by atoms with Crippen molar-refractivity contribution in [2.24, 2.45) is 0 Å². The highest BCUT2D eigenvalue weighted by Crippen LogP contribution is 2.17. The van der Waals surface area contributed by atoms with Crippen molar-refractivity contribution < 1.29 is 4.79 Å². The molecule has 110 valence electrons. The van der Waals surface area contributed by atoms with Crippen molar-refractivity contribution in [3.63, 3.8) is 0 Å². The van der Waals surface area contributed by atoms with E-state index in [-0.39, 0.29) is 5.91 Å². The second-order valence-corrected chi connectivity index (χ2v) is 6.21. The van der Waals surface area contributed by atoms with Gasteiger partial charge in [0.2, 0.25) is 11.0 Å². The summed E-state index contributed by atoms with van der Waals surface area (Å²) in [5.74, 6) is 0.699. The highest BCUT2D eigenvalue weighted by molar-refractivity contribution is 7.15. The number of rotatable bonds is 3. The third-order valence-electron chi connectivity index (χ3n) is 3.28. The summed E-state index contributed by atoms with van der Waals surface area (Å²) in [6.07, 6.45) is 2.76. The highest BCUT2D eigenvalue weighted by atomic mass is 32.1. The van der Waals surface area contributed by atoms with Crippen LogP contribution in [0.4, 0.5) is 5.13 Å². The summed E-state index contributed by atoms with van der Waals surface area (Å²) in [6, 6.07) is 0. The Bertz CT molecular complexity index is 670. The van der Waals surface area contributed by atoms with E-state index < -0.39 is 0 Å². The Morgan fingerprint density at radius 3 is 3.05 bits per heavy atom. The number of aromatic nitrogens is 4. The maximum atomic E-state index is 12.0. The number of aryl methyl sites for hydroxylation is 2. The first-order valence-corrected chi connectivity index (χ1v) is 7.55. The van der Waals surface area contributed by atoms with Crippen LogP contribution in [0, 0.1) is 13.8 Å². The van der Waals surface area contributed by atoms with Crippen molar-refractivity contribution in [1.29, 1.82) is 0 Å². The minimum absolute atomic E-state index is 0.0691. The standard InChI is InChI=1S/C13H16N6OS/c1-8-14-5-10-3-4-19(6-11(10)15-8)7-12(20)16-13-18-17-9(2)21-13/h5H,3-4,6-7H2,1-2H3,(H,16,18,20). The number of carbonyl (C=O) groups excluding carboxylic acids is 1. The monoisotopic (exact) mass is 304 g/mol. The smallest absolute Gasteiger partial charge is 0.240 e. The lowest BCUT2D eigenvalue weighted by molar-refractivity contribution is -0.117. The van der Waals surface area contributed by atoms with Crippen LogP contribution in [-0.4, -0.2) is 44.1 Å². The summed E-state index contributed by atoms with van der Waals surface area (Å²) in [4.78, 5) is 22.8. The van der Waals surface area contributed by atoms with E-state index in [1.165, 1.54) is 16.9 Å². The Balaban J connectivity index is 1.60. The summed E-state index contributed by atoms with van der Waals surface area (Å²) in [5.41, 5.74) is 2.20. The number of hydrogen-bond acceptors (Lipinski definition) is 7. The van der Waals surface area contributed by atoms with Gasteiger partial charge in [0.15, 0.2) is 0 Å². The van der Waals surface area contributed by atoms with Gasteiger partial charge in [-0.3, -0.25) is 15.0 Å². The van der Waals surface area contributed by atoms with Gasteiger partial charge in [-0.25, -0.2) is 9.97 Å². The predicted molar refractivity (Wildman–Crippen MR) is 79.0 cm³/mol. The van der Waals surface area contributed by atoms with Crippen molar-refractivity contribution >= 4 is 22.4 Å². The number of nitrogens with zero attached hydrogens (tertiary/aromatic N) is 5. The molecule has 2 aromatic rings. The van der Waals surface area contributed by atoms with Crippen LogP contribution in [0.5, 0.6) is 0 Å². The van der Waals surface area contributed by atoms with Gasteiger partial charge in [0.25, 0.3) is 0 Å². The lowest BCUT2D eigenvalue weighted by Crippen LogP contribution is -2.37. The average Bonchev–Trinajstić information content (AvgIpc) is 2.83. The van der Waals surface area contributed by atoms with Crippen LogP contribution in [0.15, 0.2) is 6.20 Å². The second kappa shape index (κ2) is 5.82. The zero-order valence-corrected chi connectivity index (χ0v) is 12.8. The first-order chi connectivity index (χ1) is 10.1. The van der Waals surface area contributed by atoms with Gasteiger partial charge in [-0.1, -0.05) is 11.3 Å². The third kappa shape index (κ3) is 3.40. The van der Waals surface area contributed by atoms with Gasteiger partial charge in [-0.05, 0) is 25.8 Å². The zero-order valence-electron chi connectivity index (χ0n) is 12.0. The molecule has 2 aromatic heterocycles.